The number of fused-ring (bicyclic) bond motifs is 1. The maximum absolute atomic E-state index is 11.8. The average molecular weight is 397 g/mol. The van der Waals surface area contributed by atoms with Gasteiger partial charge in [0.05, 0.1) is 22.0 Å². The van der Waals surface area contributed by atoms with E-state index in [4.69, 9.17) is 11.6 Å². The Bertz CT molecular complexity index is 948. The fraction of sp³-hybridized carbons (Fsp3) is 0.364. The summed E-state index contributed by atoms with van der Waals surface area (Å²) in [7, 11) is 1.80. The molecule has 0 unspecified atom stereocenters. The first-order valence-corrected chi connectivity index (χ1v) is 9.98. The van der Waals surface area contributed by atoms with Crippen LogP contribution >= 0.6 is 11.6 Å². The van der Waals surface area contributed by atoms with Gasteiger partial charge in [0.15, 0.2) is 6.29 Å². The van der Waals surface area contributed by atoms with E-state index in [2.05, 4.69) is 52.2 Å². The molecular formula is C22H25ClN4O. The summed E-state index contributed by atoms with van der Waals surface area (Å²) < 4.78 is 0. The van der Waals surface area contributed by atoms with Crippen LogP contribution in [-0.4, -0.2) is 45.3 Å². The van der Waals surface area contributed by atoms with Crippen LogP contribution in [0.2, 0.25) is 5.02 Å². The first-order chi connectivity index (χ1) is 13.5. The minimum Gasteiger partial charge on any atom is -0.369 e. The summed E-state index contributed by atoms with van der Waals surface area (Å²) in [6.07, 6.45) is 0.829. The highest BCUT2D eigenvalue weighted by atomic mass is 35.5. The highest BCUT2D eigenvalue weighted by molar-refractivity contribution is 6.34. The van der Waals surface area contributed by atoms with Crippen molar-refractivity contribution in [2.45, 2.75) is 19.3 Å². The van der Waals surface area contributed by atoms with Crippen LogP contribution in [0, 0.1) is 0 Å². The molecule has 146 valence electrons. The SMILES string of the molecule is CN=C1N(c2cccc(Cl)c2C=O)c2cc(N3CCNCC3)ccc2C1(C)C. The Morgan fingerprint density at radius 3 is 2.57 bits per heavy atom. The zero-order valence-electron chi connectivity index (χ0n) is 16.5. The number of carbonyl (C=O) groups excluding carboxylic acids is 1. The molecule has 2 heterocycles. The van der Waals surface area contributed by atoms with Crippen molar-refractivity contribution in [3.8, 4) is 0 Å². The molecule has 2 aromatic rings. The van der Waals surface area contributed by atoms with E-state index in [9.17, 15) is 4.79 Å². The Morgan fingerprint density at radius 1 is 1.14 bits per heavy atom. The summed E-state index contributed by atoms with van der Waals surface area (Å²) >= 11 is 6.34. The zero-order valence-corrected chi connectivity index (χ0v) is 17.3. The number of hydrogen-bond donors (Lipinski definition) is 1. The second-order valence-electron chi connectivity index (χ2n) is 7.74. The van der Waals surface area contributed by atoms with Gasteiger partial charge in [-0.3, -0.25) is 14.7 Å². The number of rotatable bonds is 3. The van der Waals surface area contributed by atoms with E-state index in [-0.39, 0.29) is 5.41 Å². The van der Waals surface area contributed by atoms with Gasteiger partial charge in [0.2, 0.25) is 0 Å². The second kappa shape index (κ2) is 7.22. The molecule has 28 heavy (non-hydrogen) atoms. The van der Waals surface area contributed by atoms with Gasteiger partial charge in [-0.25, -0.2) is 0 Å². The van der Waals surface area contributed by atoms with Crippen molar-refractivity contribution >= 4 is 40.8 Å². The number of halogens is 1. The molecule has 1 fully saturated rings. The average Bonchev–Trinajstić information content (AvgIpc) is 2.94. The van der Waals surface area contributed by atoms with Crippen molar-refractivity contribution in [1.29, 1.82) is 0 Å². The van der Waals surface area contributed by atoms with E-state index < -0.39 is 0 Å². The topological polar surface area (TPSA) is 47.9 Å². The molecule has 2 aliphatic rings. The van der Waals surface area contributed by atoms with Gasteiger partial charge >= 0.3 is 0 Å². The number of aliphatic imine (C=N–C) groups is 1. The lowest BCUT2D eigenvalue weighted by atomic mass is 9.85. The Morgan fingerprint density at radius 2 is 1.89 bits per heavy atom. The third-order valence-electron chi connectivity index (χ3n) is 5.75. The number of nitrogens with one attached hydrogen (secondary N) is 1. The van der Waals surface area contributed by atoms with Crippen molar-refractivity contribution in [2.75, 3.05) is 43.0 Å². The third-order valence-corrected chi connectivity index (χ3v) is 6.08. The molecule has 0 bridgehead atoms. The van der Waals surface area contributed by atoms with Gasteiger partial charge in [-0.05, 0) is 43.7 Å². The summed E-state index contributed by atoms with van der Waals surface area (Å²) in [6.45, 7) is 8.27. The van der Waals surface area contributed by atoms with Crippen molar-refractivity contribution in [3.63, 3.8) is 0 Å². The molecule has 1 N–H and O–H groups in total. The Kier molecular flexibility index (Phi) is 4.89. The first-order valence-electron chi connectivity index (χ1n) is 9.60. The molecule has 0 spiro atoms. The number of benzene rings is 2. The largest absolute Gasteiger partial charge is 0.369 e. The number of nitrogens with zero attached hydrogens (tertiary/aromatic N) is 3. The van der Waals surface area contributed by atoms with E-state index >= 15 is 0 Å². The summed E-state index contributed by atoms with van der Waals surface area (Å²) in [5.41, 5.74) is 4.44. The Hall–Kier alpha value is -2.37. The van der Waals surface area contributed by atoms with Gasteiger partial charge in [0.25, 0.3) is 0 Å². The highest BCUT2D eigenvalue weighted by Gasteiger charge is 2.43. The van der Waals surface area contributed by atoms with Crippen LogP contribution in [0.5, 0.6) is 0 Å². The van der Waals surface area contributed by atoms with Gasteiger partial charge in [0, 0.05) is 44.3 Å². The Labute approximate surface area is 171 Å². The molecule has 4 rings (SSSR count). The molecule has 0 aliphatic carbocycles. The standard InChI is InChI=1S/C22H25ClN4O/c1-22(2)17-8-7-15(26-11-9-25-10-12-26)13-20(17)27(21(22)24-3)19-6-4-5-18(23)16(19)14-28/h4-8,13-14,25H,9-12H2,1-3H3. The van der Waals surface area contributed by atoms with Gasteiger partial charge in [-0.15, -0.1) is 0 Å². The van der Waals surface area contributed by atoms with Crippen LogP contribution in [0.4, 0.5) is 17.1 Å². The monoisotopic (exact) mass is 396 g/mol. The molecule has 2 aliphatic heterocycles. The minimum atomic E-state index is -0.269. The normalized spacial score (nSPS) is 19.8. The van der Waals surface area contributed by atoms with Gasteiger partial charge in [0.1, 0.15) is 5.84 Å². The smallest absolute Gasteiger partial charge is 0.153 e. The molecule has 6 heteroatoms. The van der Waals surface area contributed by atoms with Crippen molar-refractivity contribution in [3.05, 3.63) is 52.5 Å². The highest BCUT2D eigenvalue weighted by Crippen LogP contribution is 2.48. The van der Waals surface area contributed by atoms with Crippen molar-refractivity contribution < 1.29 is 4.79 Å². The van der Waals surface area contributed by atoms with Crippen molar-refractivity contribution in [1.82, 2.24) is 5.32 Å². The Balaban J connectivity index is 1.90. The molecular weight excluding hydrogens is 372 g/mol. The van der Waals surface area contributed by atoms with E-state index in [1.807, 2.05) is 12.1 Å². The summed E-state index contributed by atoms with van der Waals surface area (Å²) in [5.74, 6) is 0.908. The summed E-state index contributed by atoms with van der Waals surface area (Å²) in [6, 6.07) is 12.2. The number of piperazine rings is 1. The first kappa shape index (κ1) is 19.0. The third kappa shape index (κ3) is 2.90. The lowest BCUT2D eigenvalue weighted by Gasteiger charge is -2.30. The van der Waals surface area contributed by atoms with Crippen LogP contribution in [0.25, 0.3) is 0 Å². The maximum Gasteiger partial charge on any atom is 0.153 e. The van der Waals surface area contributed by atoms with E-state index in [0.29, 0.717) is 10.6 Å². The predicted molar refractivity (Wildman–Crippen MR) is 117 cm³/mol. The van der Waals surface area contributed by atoms with Crippen LogP contribution in [0.15, 0.2) is 41.4 Å². The molecule has 0 aromatic heterocycles. The van der Waals surface area contributed by atoms with Gasteiger partial charge < -0.3 is 10.2 Å². The molecule has 0 radical (unpaired) electrons. The summed E-state index contributed by atoms with van der Waals surface area (Å²) in [5, 5.41) is 3.85. The van der Waals surface area contributed by atoms with Crippen LogP contribution in [-0.2, 0) is 5.41 Å². The number of amidine groups is 1. The number of aldehydes is 1. The molecule has 1 saturated heterocycles. The maximum atomic E-state index is 11.8. The minimum absolute atomic E-state index is 0.269. The van der Waals surface area contributed by atoms with Crippen LogP contribution in [0.1, 0.15) is 29.8 Å². The zero-order chi connectivity index (χ0) is 19.9. The fourth-order valence-corrected chi connectivity index (χ4v) is 4.54. The molecule has 2 aromatic carbocycles. The summed E-state index contributed by atoms with van der Waals surface area (Å²) in [4.78, 5) is 20.9. The van der Waals surface area contributed by atoms with Crippen LogP contribution < -0.4 is 15.1 Å². The van der Waals surface area contributed by atoms with E-state index in [1.165, 1.54) is 11.3 Å². The number of hydrogen-bond acceptors (Lipinski definition) is 4. The van der Waals surface area contributed by atoms with Crippen molar-refractivity contribution in [2.24, 2.45) is 4.99 Å². The van der Waals surface area contributed by atoms with E-state index in [0.717, 1.165) is 49.7 Å². The molecule has 0 amide bonds. The van der Waals surface area contributed by atoms with Gasteiger partial charge in [-0.2, -0.15) is 0 Å². The second-order valence-corrected chi connectivity index (χ2v) is 8.14. The molecule has 5 nitrogen and oxygen atoms in total. The lowest BCUT2D eigenvalue weighted by Crippen LogP contribution is -2.43. The lowest BCUT2D eigenvalue weighted by molar-refractivity contribution is 0.112. The molecule has 0 saturated carbocycles. The number of anilines is 3. The molecule has 0 atom stereocenters. The quantitative estimate of drug-likeness (QED) is 0.796. The fourth-order valence-electron chi connectivity index (χ4n) is 4.33. The van der Waals surface area contributed by atoms with Crippen LogP contribution in [0.3, 0.4) is 0 Å². The predicted octanol–water partition coefficient (Wildman–Crippen LogP) is 4.02. The number of carbonyl (C=O) groups is 1. The van der Waals surface area contributed by atoms with Gasteiger partial charge in [-0.1, -0.05) is 23.7 Å². The van der Waals surface area contributed by atoms with E-state index in [1.54, 1.807) is 13.1 Å².